The van der Waals surface area contributed by atoms with Gasteiger partial charge in [-0.15, -0.1) is 0 Å². The number of anilines is 2. The molecule has 2 rings (SSSR count). The number of hydrogen-bond donors (Lipinski definition) is 1. The van der Waals surface area contributed by atoms with Crippen molar-refractivity contribution in [1.29, 1.82) is 0 Å². The van der Waals surface area contributed by atoms with Gasteiger partial charge in [-0.05, 0) is 20.3 Å². The van der Waals surface area contributed by atoms with Gasteiger partial charge in [-0.25, -0.2) is 4.98 Å². The third kappa shape index (κ3) is 2.43. The molecule has 5 nitrogen and oxygen atoms in total. The molecule has 0 radical (unpaired) electrons. The van der Waals surface area contributed by atoms with Crippen LogP contribution >= 0.6 is 0 Å². The SMILES string of the molecule is CCc1nn(C)cc1Nc1nc(C)cnc1C. The van der Waals surface area contributed by atoms with Crippen LogP contribution in [0.15, 0.2) is 12.4 Å². The minimum Gasteiger partial charge on any atom is -0.336 e. The quantitative estimate of drug-likeness (QED) is 0.879. The Morgan fingerprint density at radius 2 is 2.12 bits per heavy atom. The van der Waals surface area contributed by atoms with Gasteiger partial charge < -0.3 is 5.32 Å². The van der Waals surface area contributed by atoms with Gasteiger partial charge in [0.1, 0.15) is 0 Å². The molecule has 2 aromatic heterocycles. The van der Waals surface area contributed by atoms with Crippen LogP contribution in [-0.2, 0) is 13.5 Å². The van der Waals surface area contributed by atoms with E-state index < -0.39 is 0 Å². The molecule has 0 atom stereocenters. The maximum absolute atomic E-state index is 4.44. The lowest BCUT2D eigenvalue weighted by molar-refractivity contribution is 0.746. The molecule has 90 valence electrons. The number of hydrogen-bond acceptors (Lipinski definition) is 4. The van der Waals surface area contributed by atoms with Crippen molar-refractivity contribution in [2.24, 2.45) is 7.05 Å². The molecular weight excluding hydrogens is 214 g/mol. The minimum atomic E-state index is 0.799. The molecule has 2 heterocycles. The van der Waals surface area contributed by atoms with Gasteiger partial charge in [0.2, 0.25) is 0 Å². The highest BCUT2D eigenvalue weighted by Gasteiger charge is 2.08. The highest BCUT2D eigenvalue weighted by molar-refractivity contribution is 5.59. The Labute approximate surface area is 101 Å². The summed E-state index contributed by atoms with van der Waals surface area (Å²) in [6.45, 7) is 5.96. The van der Waals surface area contributed by atoms with Crippen LogP contribution in [0.4, 0.5) is 11.5 Å². The van der Waals surface area contributed by atoms with Gasteiger partial charge in [0.25, 0.3) is 0 Å². The number of nitrogens with one attached hydrogen (secondary N) is 1. The third-order valence-corrected chi connectivity index (χ3v) is 2.57. The lowest BCUT2D eigenvalue weighted by Crippen LogP contribution is -2.01. The highest BCUT2D eigenvalue weighted by Crippen LogP contribution is 2.20. The Bertz CT molecular complexity index is 530. The van der Waals surface area contributed by atoms with E-state index in [0.29, 0.717) is 0 Å². The van der Waals surface area contributed by atoms with Crippen molar-refractivity contribution in [2.75, 3.05) is 5.32 Å². The molecule has 0 aliphatic rings. The van der Waals surface area contributed by atoms with Crippen molar-refractivity contribution in [3.63, 3.8) is 0 Å². The van der Waals surface area contributed by atoms with Crippen molar-refractivity contribution in [3.05, 3.63) is 29.5 Å². The maximum Gasteiger partial charge on any atom is 0.152 e. The topological polar surface area (TPSA) is 55.6 Å². The fourth-order valence-corrected chi connectivity index (χ4v) is 1.68. The van der Waals surface area contributed by atoms with Gasteiger partial charge in [-0.1, -0.05) is 6.92 Å². The molecule has 17 heavy (non-hydrogen) atoms. The van der Waals surface area contributed by atoms with Gasteiger partial charge in [0.05, 0.1) is 22.8 Å². The van der Waals surface area contributed by atoms with Crippen LogP contribution in [0.2, 0.25) is 0 Å². The van der Waals surface area contributed by atoms with E-state index in [0.717, 1.165) is 35.0 Å². The summed E-state index contributed by atoms with van der Waals surface area (Å²) < 4.78 is 1.81. The second-order valence-electron chi connectivity index (χ2n) is 4.09. The van der Waals surface area contributed by atoms with Crippen molar-refractivity contribution in [3.8, 4) is 0 Å². The summed E-state index contributed by atoms with van der Waals surface area (Å²) >= 11 is 0. The van der Waals surface area contributed by atoms with Crippen LogP contribution in [0.5, 0.6) is 0 Å². The average Bonchev–Trinajstić information content (AvgIpc) is 2.64. The summed E-state index contributed by atoms with van der Waals surface area (Å²) in [7, 11) is 1.92. The first-order chi connectivity index (χ1) is 8.10. The second kappa shape index (κ2) is 4.53. The van der Waals surface area contributed by atoms with E-state index in [1.54, 1.807) is 10.9 Å². The van der Waals surface area contributed by atoms with Crippen LogP contribution in [-0.4, -0.2) is 19.7 Å². The Morgan fingerprint density at radius 3 is 2.82 bits per heavy atom. The van der Waals surface area contributed by atoms with Crippen molar-refractivity contribution in [2.45, 2.75) is 27.2 Å². The number of aryl methyl sites for hydroxylation is 4. The molecular formula is C12H17N5. The van der Waals surface area contributed by atoms with Crippen LogP contribution in [0.25, 0.3) is 0 Å². The monoisotopic (exact) mass is 231 g/mol. The second-order valence-corrected chi connectivity index (χ2v) is 4.09. The van der Waals surface area contributed by atoms with E-state index in [4.69, 9.17) is 0 Å². The van der Waals surface area contributed by atoms with Crippen LogP contribution in [0.3, 0.4) is 0 Å². The van der Waals surface area contributed by atoms with E-state index >= 15 is 0 Å². The van der Waals surface area contributed by atoms with Gasteiger partial charge in [0.15, 0.2) is 5.82 Å². The zero-order valence-electron chi connectivity index (χ0n) is 10.7. The largest absolute Gasteiger partial charge is 0.336 e. The molecule has 0 aromatic carbocycles. The average molecular weight is 231 g/mol. The summed E-state index contributed by atoms with van der Waals surface area (Å²) in [5, 5.41) is 7.68. The smallest absolute Gasteiger partial charge is 0.152 e. The van der Waals surface area contributed by atoms with E-state index in [1.807, 2.05) is 27.1 Å². The zero-order valence-corrected chi connectivity index (χ0v) is 10.7. The van der Waals surface area contributed by atoms with Crippen molar-refractivity contribution >= 4 is 11.5 Å². The fourth-order valence-electron chi connectivity index (χ4n) is 1.68. The van der Waals surface area contributed by atoms with E-state index in [1.165, 1.54) is 0 Å². The zero-order chi connectivity index (χ0) is 12.4. The van der Waals surface area contributed by atoms with Gasteiger partial charge in [0, 0.05) is 19.4 Å². The predicted molar refractivity (Wildman–Crippen MR) is 67.4 cm³/mol. The van der Waals surface area contributed by atoms with E-state index in [9.17, 15) is 0 Å². The van der Waals surface area contributed by atoms with Crippen LogP contribution < -0.4 is 5.32 Å². The molecule has 5 heteroatoms. The summed E-state index contributed by atoms with van der Waals surface area (Å²) in [4.78, 5) is 8.73. The number of aromatic nitrogens is 4. The minimum absolute atomic E-state index is 0.799. The Morgan fingerprint density at radius 1 is 1.35 bits per heavy atom. The molecule has 0 aliphatic carbocycles. The Kier molecular flexibility index (Phi) is 3.08. The first kappa shape index (κ1) is 11.6. The molecule has 0 bridgehead atoms. The molecule has 0 saturated heterocycles. The molecule has 0 saturated carbocycles. The predicted octanol–water partition coefficient (Wildman–Crippen LogP) is 2.13. The van der Waals surface area contributed by atoms with E-state index in [2.05, 4.69) is 27.3 Å². The summed E-state index contributed by atoms with van der Waals surface area (Å²) in [5.74, 6) is 0.799. The normalized spacial score (nSPS) is 10.6. The van der Waals surface area contributed by atoms with Crippen LogP contribution in [0, 0.1) is 13.8 Å². The first-order valence-electron chi connectivity index (χ1n) is 5.70. The lowest BCUT2D eigenvalue weighted by Gasteiger charge is -2.07. The molecule has 2 aromatic rings. The third-order valence-electron chi connectivity index (χ3n) is 2.57. The molecule has 0 fully saturated rings. The standard InChI is InChI=1S/C12H17N5/c1-5-10-11(7-17(4)16-10)15-12-9(3)13-6-8(2)14-12/h6-7H,5H2,1-4H3,(H,14,15). The molecule has 0 spiro atoms. The summed E-state index contributed by atoms with van der Waals surface area (Å²) in [6.07, 6.45) is 4.62. The molecule has 0 unspecified atom stereocenters. The number of nitrogens with zero attached hydrogens (tertiary/aromatic N) is 4. The van der Waals surface area contributed by atoms with Gasteiger partial charge in [-0.3, -0.25) is 9.67 Å². The summed E-state index contributed by atoms with van der Waals surface area (Å²) in [5.41, 5.74) is 3.83. The van der Waals surface area contributed by atoms with Gasteiger partial charge in [-0.2, -0.15) is 5.10 Å². The molecule has 0 aliphatic heterocycles. The van der Waals surface area contributed by atoms with Crippen molar-refractivity contribution < 1.29 is 0 Å². The molecule has 1 N–H and O–H groups in total. The lowest BCUT2D eigenvalue weighted by atomic mass is 10.3. The fraction of sp³-hybridized carbons (Fsp3) is 0.417. The van der Waals surface area contributed by atoms with Crippen molar-refractivity contribution in [1.82, 2.24) is 19.7 Å². The van der Waals surface area contributed by atoms with Gasteiger partial charge >= 0.3 is 0 Å². The van der Waals surface area contributed by atoms with E-state index in [-0.39, 0.29) is 0 Å². The summed E-state index contributed by atoms with van der Waals surface area (Å²) in [6, 6.07) is 0. The van der Waals surface area contributed by atoms with Crippen LogP contribution in [0.1, 0.15) is 24.0 Å². The highest BCUT2D eigenvalue weighted by atomic mass is 15.3. The number of rotatable bonds is 3. The molecule has 0 amide bonds. The Hall–Kier alpha value is -1.91. The Balaban J connectivity index is 2.33. The maximum atomic E-state index is 4.44. The first-order valence-corrected chi connectivity index (χ1v) is 5.70.